The van der Waals surface area contributed by atoms with Crippen LogP contribution in [0.15, 0.2) is 42.5 Å². The van der Waals surface area contributed by atoms with Crippen LogP contribution in [-0.4, -0.2) is 22.1 Å². The van der Waals surface area contributed by atoms with E-state index in [0.29, 0.717) is 0 Å². The molecular formula is C14H10ClNO4. The van der Waals surface area contributed by atoms with Crippen LogP contribution in [0.4, 0.5) is 5.69 Å². The lowest BCUT2D eigenvalue weighted by Gasteiger charge is -2.09. The molecule has 2 rings (SSSR count). The molecule has 0 aliphatic rings. The van der Waals surface area contributed by atoms with Crippen molar-refractivity contribution in [2.24, 2.45) is 0 Å². The number of carboxylic acid groups (broad SMARTS) is 1. The lowest BCUT2D eigenvalue weighted by Crippen LogP contribution is -2.15. The zero-order chi connectivity index (χ0) is 14.7. The van der Waals surface area contributed by atoms with Crippen molar-refractivity contribution in [3.63, 3.8) is 0 Å². The second-order valence-electron chi connectivity index (χ2n) is 3.97. The molecule has 0 radical (unpaired) electrons. The molecule has 2 aromatic carbocycles. The maximum absolute atomic E-state index is 12.1. The molecule has 0 bridgehead atoms. The molecule has 0 atom stereocenters. The van der Waals surface area contributed by atoms with E-state index in [2.05, 4.69) is 5.32 Å². The Balaban J connectivity index is 2.33. The summed E-state index contributed by atoms with van der Waals surface area (Å²) in [5, 5.41) is 21.0. The molecular weight excluding hydrogens is 282 g/mol. The third-order valence-corrected chi connectivity index (χ3v) is 2.93. The van der Waals surface area contributed by atoms with Crippen molar-refractivity contribution >= 4 is 29.2 Å². The Morgan fingerprint density at radius 2 is 1.75 bits per heavy atom. The van der Waals surface area contributed by atoms with Crippen LogP contribution in [0.3, 0.4) is 0 Å². The average Bonchev–Trinajstić information content (AvgIpc) is 2.41. The van der Waals surface area contributed by atoms with Gasteiger partial charge in [0.05, 0.1) is 21.8 Å². The van der Waals surface area contributed by atoms with Crippen molar-refractivity contribution in [1.82, 2.24) is 0 Å². The van der Waals surface area contributed by atoms with E-state index in [4.69, 9.17) is 16.7 Å². The average molecular weight is 292 g/mol. The lowest BCUT2D eigenvalue weighted by atomic mass is 10.1. The van der Waals surface area contributed by atoms with Gasteiger partial charge in [0.1, 0.15) is 5.75 Å². The number of hydrogen-bond donors (Lipinski definition) is 3. The number of phenolic OH excluding ortho intramolecular Hbond substituents is 1. The molecule has 2 aromatic rings. The van der Waals surface area contributed by atoms with Crippen molar-refractivity contribution in [1.29, 1.82) is 0 Å². The topological polar surface area (TPSA) is 86.6 Å². The van der Waals surface area contributed by atoms with E-state index >= 15 is 0 Å². The summed E-state index contributed by atoms with van der Waals surface area (Å²) >= 11 is 5.87. The first-order valence-electron chi connectivity index (χ1n) is 5.61. The van der Waals surface area contributed by atoms with E-state index in [1.54, 1.807) is 12.1 Å². The quantitative estimate of drug-likeness (QED) is 0.811. The van der Waals surface area contributed by atoms with Gasteiger partial charge in [-0.05, 0) is 30.3 Å². The fraction of sp³-hybridized carbons (Fsp3) is 0. The third kappa shape index (κ3) is 2.89. The van der Waals surface area contributed by atoms with E-state index in [9.17, 15) is 14.7 Å². The van der Waals surface area contributed by atoms with Crippen LogP contribution < -0.4 is 5.32 Å². The Kier molecular flexibility index (Phi) is 3.91. The minimum absolute atomic E-state index is 0.0304. The van der Waals surface area contributed by atoms with Crippen LogP contribution in [-0.2, 0) is 0 Å². The second kappa shape index (κ2) is 5.63. The molecule has 0 spiro atoms. The van der Waals surface area contributed by atoms with Crippen LogP contribution in [0, 0.1) is 0 Å². The Hall–Kier alpha value is -2.53. The van der Waals surface area contributed by atoms with E-state index in [1.807, 2.05) is 0 Å². The van der Waals surface area contributed by atoms with Crippen molar-refractivity contribution in [3.05, 3.63) is 58.6 Å². The Labute approximate surface area is 119 Å². The number of carbonyl (C=O) groups is 2. The Morgan fingerprint density at radius 1 is 1.05 bits per heavy atom. The number of rotatable bonds is 3. The van der Waals surface area contributed by atoms with Crippen LogP contribution in [0.5, 0.6) is 5.75 Å². The third-order valence-electron chi connectivity index (χ3n) is 2.60. The number of benzene rings is 2. The van der Waals surface area contributed by atoms with Crippen molar-refractivity contribution in [2.45, 2.75) is 0 Å². The summed E-state index contributed by atoms with van der Waals surface area (Å²) in [6, 6.07) is 9.95. The van der Waals surface area contributed by atoms with Gasteiger partial charge in [0, 0.05) is 0 Å². The number of hydrogen-bond acceptors (Lipinski definition) is 3. The van der Waals surface area contributed by atoms with E-state index in [1.165, 1.54) is 30.3 Å². The van der Waals surface area contributed by atoms with Crippen molar-refractivity contribution in [3.8, 4) is 5.75 Å². The van der Waals surface area contributed by atoms with Gasteiger partial charge in [-0.1, -0.05) is 23.7 Å². The predicted octanol–water partition coefficient (Wildman–Crippen LogP) is 3.00. The van der Waals surface area contributed by atoms with E-state index in [0.717, 1.165) is 0 Å². The molecule has 0 aliphatic heterocycles. The number of aromatic carboxylic acids is 1. The fourth-order valence-electron chi connectivity index (χ4n) is 1.66. The van der Waals surface area contributed by atoms with Crippen LogP contribution >= 0.6 is 11.6 Å². The highest BCUT2D eigenvalue weighted by molar-refractivity contribution is 6.34. The standard InChI is InChI=1S/C14H10ClNO4/c15-11-6-5-8(17)7-10(11)13(18)16-12-4-2-1-3-9(12)14(19)20/h1-7,17H,(H,16,18)(H,19,20). The first-order chi connectivity index (χ1) is 9.49. The van der Waals surface area contributed by atoms with Gasteiger partial charge in [0.25, 0.3) is 5.91 Å². The molecule has 102 valence electrons. The molecule has 0 heterocycles. The van der Waals surface area contributed by atoms with E-state index < -0.39 is 11.9 Å². The van der Waals surface area contributed by atoms with Gasteiger partial charge in [0.15, 0.2) is 0 Å². The first kappa shape index (κ1) is 13.9. The minimum Gasteiger partial charge on any atom is -0.508 e. The number of anilines is 1. The monoisotopic (exact) mass is 291 g/mol. The summed E-state index contributed by atoms with van der Waals surface area (Å²) in [6.45, 7) is 0. The lowest BCUT2D eigenvalue weighted by molar-refractivity contribution is 0.0698. The van der Waals surface area contributed by atoms with Crippen LogP contribution in [0.2, 0.25) is 5.02 Å². The minimum atomic E-state index is -1.15. The normalized spacial score (nSPS) is 10.1. The second-order valence-corrected chi connectivity index (χ2v) is 4.38. The largest absolute Gasteiger partial charge is 0.508 e. The number of amides is 1. The van der Waals surface area contributed by atoms with Gasteiger partial charge < -0.3 is 15.5 Å². The molecule has 5 nitrogen and oxygen atoms in total. The van der Waals surface area contributed by atoms with Gasteiger partial charge in [-0.15, -0.1) is 0 Å². The molecule has 0 aliphatic carbocycles. The molecule has 1 amide bonds. The molecule has 6 heteroatoms. The van der Waals surface area contributed by atoms with Gasteiger partial charge >= 0.3 is 5.97 Å². The number of halogens is 1. The molecule has 3 N–H and O–H groups in total. The number of carbonyl (C=O) groups excluding carboxylic acids is 1. The van der Waals surface area contributed by atoms with Crippen molar-refractivity contribution in [2.75, 3.05) is 5.32 Å². The number of aromatic hydroxyl groups is 1. The van der Waals surface area contributed by atoms with Gasteiger partial charge in [-0.3, -0.25) is 4.79 Å². The van der Waals surface area contributed by atoms with Crippen LogP contribution in [0.25, 0.3) is 0 Å². The number of nitrogens with one attached hydrogen (secondary N) is 1. The summed E-state index contributed by atoms with van der Waals surface area (Å²) < 4.78 is 0. The molecule has 0 saturated heterocycles. The zero-order valence-corrected chi connectivity index (χ0v) is 10.9. The SMILES string of the molecule is O=C(Nc1ccccc1C(=O)O)c1cc(O)ccc1Cl. The Bertz CT molecular complexity index is 685. The first-order valence-corrected chi connectivity index (χ1v) is 5.99. The molecule has 0 saturated carbocycles. The fourth-order valence-corrected chi connectivity index (χ4v) is 1.86. The number of para-hydroxylation sites is 1. The zero-order valence-electron chi connectivity index (χ0n) is 10.1. The highest BCUT2D eigenvalue weighted by Gasteiger charge is 2.15. The maximum atomic E-state index is 12.1. The molecule has 0 aromatic heterocycles. The van der Waals surface area contributed by atoms with Gasteiger partial charge in [-0.25, -0.2) is 4.79 Å². The summed E-state index contributed by atoms with van der Waals surface area (Å²) in [4.78, 5) is 23.1. The highest BCUT2D eigenvalue weighted by Crippen LogP contribution is 2.23. The number of phenols is 1. The van der Waals surface area contributed by atoms with Gasteiger partial charge in [0.2, 0.25) is 0 Å². The predicted molar refractivity (Wildman–Crippen MR) is 74.5 cm³/mol. The highest BCUT2D eigenvalue weighted by atomic mass is 35.5. The van der Waals surface area contributed by atoms with Gasteiger partial charge in [-0.2, -0.15) is 0 Å². The number of carboxylic acids is 1. The summed E-state index contributed by atoms with van der Waals surface area (Å²) in [7, 11) is 0. The molecule has 0 fully saturated rings. The molecule has 20 heavy (non-hydrogen) atoms. The summed E-state index contributed by atoms with van der Waals surface area (Å²) in [6.07, 6.45) is 0. The smallest absolute Gasteiger partial charge is 0.337 e. The summed E-state index contributed by atoms with van der Waals surface area (Å²) in [5.74, 6) is -1.85. The Morgan fingerprint density at radius 3 is 2.45 bits per heavy atom. The summed E-state index contributed by atoms with van der Waals surface area (Å²) in [5.41, 5.74) is 0.188. The van der Waals surface area contributed by atoms with E-state index in [-0.39, 0.29) is 27.6 Å². The maximum Gasteiger partial charge on any atom is 0.337 e. The van der Waals surface area contributed by atoms with Crippen molar-refractivity contribution < 1.29 is 19.8 Å². The molecule has 0 unspecified atom stereocenters. The van der Waals surface area contributed by atoms with Crippen LogP contribution in [0.1, 0.15) is 20.7 Å².